The Bertz CT molecular complexity index is 543. The summed E-state index contributed by atoms with van der Waals surface area (Å²) in [6.45, 7) is 21.4. The number of hydrogen-bond acceptors (Lipinski definition) is 1. The standard InChI is InChI=1S/C12H14O.C2H4/c1-6-8(3)12-10(5)9(4)11(7-2)13-12;1-2/h6-7H,1,4-5H2,2-3H3;1-2H2/b11-7+,12-8+;. The summed E-state index contributed by atoms with van der Waals surface area (Å²) in [5, 5.41) is 1.71. The third-order valence-electron chi connectivity index (χ3n) is 2.07. The molecule has 1 aromatic rings. The number of hydrogen-bond donors (Lipinski definition) is 0. The van der Waals surface area contributed by atoms with E-state index in [9.17, 15) is 0 Å². The molecule has 0 atom stereocenters. The van der Waals surface area contributed by atoms with Gasteiger partial charge in [-0.25, -0.2) is 0 Å². The molecule has 0 saturated heterocycles. The van der Waals surface area contributed by atoms with Gasteiger partial charge in [0.1, 0.15) is 10.8 Å². The smallest absolute Gasteiger partial charge is 0.137 e. The quantitative estimate of drug-likeness (QED) is 0.621. The van der Waals surface area contributed by atoms with Gasteiger partial charge in [0.15, 0.2) is 0 Å². The Kier molecular flexibility index (Phi) is 5.18. The molecule has 1 heteroatoms. The van der Waals surface area contributed by atoms with Gasteiger partial charge in [-0.3, -0.25) is 0 Å². The average Bonchev–Trinajstić information content (AvgIpc) is 2.58. The van der Waals surface area contributed by atoms with Crippen LogP contribution in [0.5, 0.6) is 0 Å². The summed E-state index contributed by atoms with van der Waals surface area (Å²) >= 11 is 0. The fourth-order valence-electron chi connectivity index (χ4n) is 1.16. The second-order valence-corrected chi connectivity index (χ2v) is 2.93. The molecule has 1 nitrogen and oxygen atoms in total. The number of rotatable bonds is 1. The van der Waals surface area contributed by atoms with Crippen molar-refractivity contribution in [3.8, 4) is 0 Å². The van der Waals surface area contributed by atoms with Crippen molar-refractivity contribution in [1.82, 2.24) is 0 Å². The zero-order valence-corrected chi connectivity index (χ0v) is 9.60. The van der Waals surface area contributed by atoms with E-state index >= 15 is 0 Å². The first-order valence-electron chi connectivity index (χ1n) is 4.68. The van der Waals surface area contributed by atoms with E-state index < -0.39 is 0 Å². The van der Waals surface area contributed by atoms with Gasteiger partial charge in [0, 0.05) is 10.4 Å². The molecule has 0 saturated carbocycles. The lowest BCUT2D eigenvalue weighted by Gasteiger charge is -1.83. The lowest BCUT2D eigenvalue weighted by molar-refractivity contribution is 0.496. The van der Waals surface area contributed by atoms with E-state index in [0.717, 1.165) is 26.8 Å². The van der Waals surface area contributed by atoms with Crippen LogP contribution in [-0.2, 0) is 0 Å². The van der Waals surface area contributed by atoms with E-state index in [4.69, 9.17) is 4.42 Å². The highest BCUT2D eigenvalue weighted by Crippen LogP contribution is 1.85. The zero-order valence-electron chi connectivity index (χ0n) is 9.60. The molecule has 0 bridgehead atoms. The number of furan rings is 1. The Balaban J connectivity index is 0.000000921. The minimum Gasteiger partial charge on any atom is -0.456 e. The van der Waals surface area contributed by atoms with Crippen LogP contribution < -0.4 is 21.3 Å². The van der Waals surface area contributed by atoms with E-state index in [1.54, 1.807) is 6.08 Å². The predicted molar refractivity (Wildman–Crippen MR) is 68.9 cm³/mol. The molecular formula is C14H18O. The molecule has 15 heavy (non-hydrogen) atoms. The highest BCUT2D eigenvalue weighted by Gasteiger charge is 1.95. The minimum absolute atomic E-state index is 0.785. The van der Waals surface area contributed by atoms with Crippen LogP contribution >= 0.6 is 0 Å². The molecule has 0 amide bonds. The maximum atomic E-state index is 5.56. The summed E-state index contributed by atoms with van der Waals surface area (Å²) in [5.41, 5.74) is 2.57. The zero-order chi connectivity index (χ0) is 12.0. The Hall–Kier alpha value is -1.76. The number of allylic oxidation sites excluding steroid dienone is 1. The fraction of sp³-hybridized carbons (Fsp3) is 0.143. The Morgan fingerprint density at radius 3 is 2.07 bits per heavy atom. The molecular weight excluding hydrogens is 184 g/mol. The monoisotopic (exact) mass is 202 g/mol. The first-order chi connectivity index (χ1) is 7.11. The second-order valence-electron chi connectivity index (χ2n) is 2.93. The van der Waals surface area contributed by atoms with Gasteiger partial charge in [0.25, 0.3) is 0 Å². The molecule has 0 spiro atoms. The topological polar surface area (TPSA) is 13.1 Å². The van der Waals surface area contributed by atoms with Gasteiger partial charge in [-0.15, -0.1) is 13.2 Å². The SMILES string of the molecule is C=C.C=C/C(C)=c1/o/c(=C/C)c(=C)c1=C. The fourth-order valence-corrected chi connectivity index (χ4v) is 1.16. The van der Waals surface area contributed by atoms with Crippen molar-refractivity contribution < 1.29 is 4.42 Å². The van der Waals surface area contributed by atoms with Crippen LogP contribution in [0.2, 0.25) is 0 Å². The van der Waals surface area contributed by atoms with E-state index in [-0.39, 0.29) is 0 Å². The molecule has 1 heterocycles. The van der Waals surface area contributed by atoms with Gasteiger partial charge in [0.2, 0.25) is 0 Å². The molecule has 0 radical (unpaired) electrons. The minimum atomic E-state index is 0.785. The van der Waals surface area contributed by atoms with Crippen molar-refractivity contribution in [3.05, 3.63) is 47.1 Å². The van der Waals surface area contributed by atoms with Gasteiger partial charge < -0.3 is 4.42 Å². The van der Waals surface area contributed by atoms with Gasteiger partial charge in [-0.2, -0.15) is 0 Å². The maximum absolute atomic E-state index is 5.56. The van der Waals surface area contributed by atoms with Crippen molar-refractivity contribution in [1.29, 1.82) is 0 Å². The first kappa shape index (κ1) is 13.2. The first-order valence-corrected chi connectivity index (χ1v) is 4.68. The third-order valence-corrected chi connectivity index (χ3v) is 2.07. The lowest BCUT2D eigenvalue weighted by atomic mass is 10.2. The van der Waals surface area contributed by atoms with Gasteiger partial charge >= 0.3 is 0 Å². The van der Waals surface area contributed by atoms with Gasteiger partial charge in [-0.1, -0.05) is 25.8 Å². The summed E-state index contributed by atoms with van der Waals surface area (Å²) in [4.78, 5) is 0. The molecule has 1 aromatic heterocycles. The molecule has 0 aliphatic carbocycles. The molecule has 80 valence electrons. The van der Waals surface area contributed by atoms with Crippen molar-refractivity contribution in [2.75, 3.05) is 0 Å². The molecule has 0 aromatic carbocycles. The summed E-state index contributed by atoms with van der Waals surface area (Å²) in [6, 6.07) is 0. The van der Waals surface area contributed by atoms with Crippen LogP contribution in [0.15, 0.2) is 30.2 Å². The van der Waals surface area contributed by atoms with E-state index in [1.807, 2.05) is 19.9 Å². The molecule has 0 N–H and O–H groups in total. The van der Waals surface area contributed by atoms with Crippen LogP contribution in [0.25, 0.3) is 24.8 Å². The van der Waals surface area contributed by atoms with Crippen molar-refractivity contribution >= 4 is 24.8 Å². The van der Waals surface area contributed by atoms with Crippen molar-refractivity contribution in [2.45, 2.75) is 13.8 Å². The van der Waals surface area contributed by atoms with Crippen LogP contribution in [0.1, 0.15) is 13.8 Å². The van der Waals surface area contributed by atoms with Gasteiger partial charge in [-0.05, 0) is 25.5 Å². The molecule has 0 fully saturated rings. The van der Waals surface area contributed by atoms with Crippen LogP contribution in [0.4, 0.5) is 0 Å². The van der Waals surface area contributed by atoms with Crippen LogP contribution in [-0.4, -0.2) is 0 Å². The van der Waals surface area contributed by atoms with Gasteiger partial charge in [0.05, 0.1) is 0 Å². The largest absolute Gasteiger partial charge is 0.456 e. The molecule has 0 aliphatic heterocycles. The molecule has 0 aliphatic rings. The van der Waals surface area contributed by atoms with Crippen LogP contribution in [0, 0.1) is 0 Å². The third kappa shape index (κ3) is 2.59. The molecule has 0 unspecified atom stereocenters. The molecule has 1 rings (SSSR count). The van der Waals surface area contributed by atoms with Crippen molar-refractivity contribution in [2.24, 2.45) is 0 Å². The highest BCUT2D eigenvalue weighted by molar-refractivity contribution is 5.51. The maximum Gasteiger partial charge on any atom is 0.137 e. The Labute approximate surface area is 90.7 Å². The normalized spacial score (nSPS) is 12.8. The predicted octanol–water partition coefficient (Wildman–Crippen LogP) is 1.06. The highest BCUT2D eigenvalue weighted by atomic mass is 16.3. The Morgan fingerprint density at radius 1 is 1.20 bits per heavy atom. The van der Waals surface area contributed by atoms with Crippen LogP contribution in [0.3, 0.4) is 0 Å². The Morgan fingerprint density at radius 2 is 1.73 bits per heavy atom. The summed E-state index contributed by atoms with van der Waals surface area (Å²) in [5.74, 6) is 0. The van der Waals surface area contributed by atoms with E-state index in [0.29, 0.717) is 0 Å². The summed E-state index contributed by atoms with van der Waals surface area (Å²) < 4.78 is 5.56. The summed E-state index contributed by atoms with van der Waals surface area (Å²) in [7, 11) is 0. The second kappa shape index (κ2) is 5.86. The summed E-state index contributed by atoms with van der Waals surface area (Å²) in [6.07, 6.45) is 3.64. The van der Waals surface area contributed by atoms with E-state index in [2.05, 4.69) is 32.9 Å². The van der Waals surface area contributed by atoms with E-state index in [1.165, 1.54) is 0 Å². The lowest BCUT2D eigenvalue weighted by Crippen LogP contribution is -2.35. The van der Waals surface area contributed by atoms with Crippen molar-refractivity contribution in [3.63, 3.8) is 0 Å². The average molecular weight is 202 g/mol.